The first-order valence-corrected chi connectivity index (χ1v) is 11.0. The van der Waals surface area contributed by atoms with Gasteiger partial charge in [-0.15, -0.1) is 0 Å². The first-order valence-electron chi connectivity index (χ1n) is 11.0. The Balaban J connectivity index is 1.27. The number of likely N-dealkylation sites (tertiary alicyclic amines) is 2. The van der Waals surface area contributed by atoms with Crippen LogP contribution < -0.4 is 0 Å². The Labute approximate surface area is 178 Å². The van der Waals surface area contributed by atoms with Crippen molar-refractivity contribution >= 4 is 17.9 Å². The average molecular weight is 407 g/mol. The molecule has 2 amide bonds. The van der Waals surface area contributed by atoms with E-state index in [-0.39, 0.29) is 11.8 Å². The summed E-state index contributed by atoms with van der Waals surface area (Å²) in [5.41, 5.74) is 2.02. The number of carbonyl (C=O) groups excluding carboxylic acids is 2. The van der Waals surface area contributed by atoms with Crippen LogP contribution in [0.1, 0.15) is 44.1 Å². The van der Waals surface area contributed by atoms with Crippen molar-refractivity contribution in [3.05, 3.63) is 54.6 Å². The summed E-state index contributed by atoms with van der Waals surface area (Å²) in [6.07, 6.45) is 15.2. The molecule has 1 aromatic heterocycles. The van der Waals surface area contributed by atoms with Crippen LogP contribution in [0.4, 0.5) is 0 Å². The molecule has 2 aliphatic heterocycles. The summed E-state index contributed by atoms with van der Waals surface area (Å²) in [7, 11) is 0. The van der Waals surface area contributed by atoms with Crippen LogP contribution >= 0.6 is 0 Å². The number of benzene rings is 1. The van der Waals surface area contributed by atoms with Crippen molar-refractivity contribution in [1.82, 2.24) is 19.4 Å². The number of aromatic nitrogens is 2. The highest BCUT2D eigenvalue weighted by Crippen LogP contribution is 2.22. The second-order valence-electron chi connectivity index (χ2n) is 8.23. The molecule has 0 spiro atoms. The molecule has 158 valence electrons. The summed E-state index contributed by atoms with van der Waals surface area (Å²) in [5, 5.41) is 0. The maximum Gasteiger partial charge on any atom is 0.246 e. The third-order valence-electron chi connectivity index (χ3n) is 6.19. The van der Waals surface area contributed by atoms with Crippen LogP contribution in [-0.2, 0) is 9.59 Å². The Morgan fingerprint density at radius 2 is 1.60 bits per heavy atom. The largest absolute Gasteiger partial charge is 0.342 e. The lowest BCUT2D eigenvalue weighted by atomic mass is 9.95. The lowest BCUT2D eigenvalue weighted by Gasteiger charge is -2.33. The Hall–Kier alpha value is -2.89. The number of carbonyl (C=O) groups is 2. The van der Waals surface area contributed by atoms with Crippen molar-refractivity contribution in [3.63, 3.8) is 0 Å². The zero-order chi connectivity index (χ0) is 20.8. The maximum atomic E-state index is 12.8. The lowest BCUT2D eigenvalue weighted by molar-refractivity contribution is -0.139. The highest BCUT2D eigenvalue weighted by Gasteiger charge is 2.29. The summed E-state index contributed by atoms with van der Waals surface area (Å²) in [6, 6.07) is 7.99. The molecule has 0 bridgehead atoms. The molecule has 2 fully saturated rings. The Bertz CT molecular complexity index is 857. The topological polar surface area (TPSA) is 58.4 Å². The maximum absolute atomic E-state index is 12.8. The minimum absolute atomic E-state index is 0.0226. The van der Waals surface area contributed by atoms with Crippen LogP contribution in [0.25, 0.3) is 11.8 Å². The molecule has 30 heavy (non-hydrogen) atoms. The van der Waals surface area contributed by atoms with E-state index in [1.807, 2.05) is 46.0 Å². The first-order chi connectivity index (χ1) is 14.7. The van der Waals surface area contributed by atoms with Gasteiger partial charge in [0.1, 0.15) is 0 Å². The quantitative estimate of drug-likeness (QED) is 0.730. The molecule has 6 heteroatoms. The van der Waals surface area contributed by atoms with Gasteiger partial charge >= 0.3 is 0 Å². The molecule has 0 saturated carbocycles. The Morgan fingerprint density at radius 3 is 2.23 bits per heavy atom. The number of hydrogen-bond acceptors (Lipinski definition) is 3. The zero-order valence-corrected chi connectivity index (χ0v) is 17.4. The minimum atomic E-state index is 0.0226. The second kappa shape index (κ2) is 9.74. The minimum Gasteiger partial charge on any atom is -0.342 e. The van der Waals surface area contributed by atoms with Gasteiger partial charge in [0.15, 0.2) is 0 Å². The fraction of sp³-hybridized carbons (Fsp3) is 0.458. The van der Waals surface area contributed by atoms with Gasteiger partial charge in [-0.2, -0.15) is 0 Å². The van der Waals surface area contributed by atoms with Crippen LogP contribution in [0.3, 0.4) is 0 Å². The van der Waals surface area contributed by atoms with E-state index in [1.165, 1.54) is 12.8 Å². The summed E-state index contributed by atoms with van der Waals surface area (Å²) in [5.74, 6) is 0.402. The smallest absolute Gasteiger partial charge is 0.246 e. The van der Waals surface area contributed by atoms with E-state index in [9.17, 15) is 9.59 Å². The van der Waals surface area contributed by atoms with Gasteiger partial charge in [-0.05, 0) is 49.5 Å². The lowest BCUT2D eigenvalue weighted by Crippen LogP contribution is -2.44. The van der Waals surface area contributed by atoms with E-state index in [2.05, 4.69) is 9.88 Å². The van der Waals surface area contributed by atoms with Gasteiger partial charge in [0, 0.05) is 56.3 Å². The molecule has 0 aliphatic carbocycles. The molecule has 0 radical (unpaired) electrons. The number of hydrogen-bond donors (Lipinski definition) is 0. The molecule has 2 saturated heterocycles. The number of piperidine rings is 1. The number of rotatable bonds is 4. The summed E-state index contributed by atoms with van der Waals surface area (Å²) in [6.45, 7) is 3.13. The van der Waals surface area contributed by atoms with Gasteiger partial charge in [-0.1, -0.05) is 25.0 Å². The summed E-state index contributed by atoms with van der Waals surface area (Å²) in [4.78, 5) is 33.4. The average Bonchev–Trinajstić information content (AvgIpc) is 3.20. The van der Waals surface area contributed by atoms with Crippen LogP contribution in [0.5, 0.6) is 0 Å². The Morgan fingerprint density at radius 1 is 0.900 bits per heavy atom. The Kier molecular flexibility index (Phi) is 6.62. The van der Waals surface area contributed by atoms with Crippen LogP contribution in [-0.4, -0.2) is 57.3 Å². The summed E-state index contributed by atoms with van der Waals surface area (Å²) < 4.78 is 1.94. The second-order valence-corrected chi connectivity index (χ2v) is 8.23. The third kappa shape index (κ3) is 4.99. The van der Waals surface area contributed by atoms with E-state index in [0.29, 0.717) is 19.0 Å². The molecule has 3 heterocycles. The fourth-order valence-corrected chi connectivity index (χ4v) is 4.34. The standard InChI is InChI=1S/C24H30N4O2/c29-23(10-7-20-5-8-22(9-6-20)28-18-13-25-19-28)26-16-11-21(12-17-26)24(30)27-14-3-1-2-4-15-27/h5-10,13,18-19,21H,1-4,11-12,14-17H2/b10-7+. The third-order valence-corrected chi connectivity index (χ3v) is 6.19. The molecular weight excluding hydrogens is 376 g/mol. The number of nitrogens with zero attached hydrogens (tertiary/aromatic N) is 4. The van der Waals surface area contributed by atoms with Crippen LogP contribution in [0.2, 0.25) is 0 Å². The number of amides is 2. The molecule has 0 atom stereocenters. The van der Waals surface area contributed by atoms with Crippen molar-refractivity contribution in [2.24, 2.45) is 5.92 Å². The van der Waals surface area contributed by atoms with Crippen LogP contribution in [0, 0.1) is 5.92 Å². The van der Waals surface area contributed by atoms with Gasteiger partial charge in [0.05, 0.1) is 6.33 Å². The molecule has 6 nitrogen and oxygen atoms in total. The molecule has 2 aromatic rings. The highest BCUT2D eigenvalue weighted by molar-refractivity contribution is 5.92. The SMILES string of the molecule is O=C(/C=C/c1ccc(-n2ccnc2)cc1)N1CCC(C(=O)N2CCCCCC2)CC1. The predicted octanol–water partition coefficient (Wildman–Crippen LogP) is 3.53. The van der Waals surface area contributed by atoms with Gasteiger partial charge in [0.25, 0.3) is 0 Å². The van der Waals surface area contributed by atoms with E-state index in [4.69, 9.17) is 0 Å². The van der Waals surface area contributed by atoms with E-state index in [1.54, 1.807) is 18.6 Å². The summed E-state index contributed by atoms with van der Waals surface area (Å²) >= 11 is 0. The zero-order valence-electron chi connectivity index (χ0n) is 17.4. The van der Waals surface area contributed by atoms with Gasteiger partial charge in [-0.25, -0.2) is 4.98 Å². The van der Waals surface area contributed by atoms with Crippen molar-refractivity contribution in [1.29, 1.82) is 0 Å². The van der Waals surface area contributed by atoms with Gasteiger partial charge in [-0.3, -0.25) is 9.59 Å². The molecule has 2 aliphatic rings. The van der Waals surface area contributed by atoms with Crippen molar-refractivity contribution < 1.29 is 9.59 Å². The van der Waals surface area contributed by atoms with Gasteiger partial charge < -0.3 is 14.4 Å². The van der Waals surface area contributed by atoms with Gasteiger partial charge in [0.2, 0.25) is 11.8 Å². The fourth-order valence-electron chi connectivity index (χ4n) is 4.34. The molecule has 4 rings (SSSR count). The van der Waals surface area contributed by atoms with Crippen molar-refractivity contribution in [2.45, 2.75) is 38.5 Å². The molecule has 0 unspecified atom stereocenters. The van der Waals surface area contributed by atoms with Crippen LogP contribution in [0.15, 0.2) is 49.1 Å². The van der Waals surface area contributed by atoms with E-state index in [0.717, 1.165) is 50.0 Å². The first kappa shape index (κ1) is 20.4. The normalized spacial score (nSPS) is 18.5. The highest BCUT2D eigenvalue weighted by atomic mass is 16.2. The van der Waals surface area contributed by atoms with Crippen molar-refractivity contribution in [3.8, 4) is 5.69 Å². The van der Waals surface area contributed by atoms with E-state index < -0.39 is 0 Å². The molecular formula is C24H30N4O2. The molecule has 1 aromatic carbocycles. The number of imidazole rings is 1. The molecule has 0 N–H and O–H groups in total. The van der Waals surface area contributed by atoms with E-state index >= 15 is 0 Å². The van der Waals surface area contributed by atoms with Crippen molar-refractivity contribution in [2.75, 3.05) is 26.2 Å². The predicted molar refractivity (Wildman–Crippen MR) is 117 cm³/mol. The monoisotopic (exact) mass is 406 g/mol.